The molecule has 6 heteroatoms. The zero-order valence-corrected chi connectivity index (χ0v) is 13.5. The first kappa shape index (κ1) is 15.4. The maximum Gasteiger partial charge on any atom is 0.243 e. The van der Waals surface area contributed by atoms with Crippen molar-refractivity contribution in [2.75, 3.05) is 13.1 Å². The highest BCUT2D eigenvalue weighted by molar-refractivity contribution is 7.89. The quantitative estimate of drug-likeness (QED) is 0.938. The summed E-state index contributed by atoms with van der Waals surface area (Å²) in [6.45, 7) is 3.01. The summed E-state index contributed by atoms with van der Waals surface area (Å²) in [5.41, 5.74) is 5.97. The molecule has 3 rings (SSSR count). The topological polar surface area (TPSA) is 76.3 Å². The van der Waals surface area contributed by atoms with Gasteiger partial charge in [0.1, 0.15) is 0 Å². The third-order valence-corrected chi connectivity index (χ3v) is 6.35. The standard InChI is InChI=1S/C16H21N3O2S/c1-12(17)14-5-3-9-19(11-14)22(20,21)16-6-2-4-13-10-18-8-7-15(13)16/h2,4,6-8,10,12,14H,3,5,9,11,17H2,1H3/t12-,14+/m1/s1. The lowest BCUT2D eigenvalue weighted by Gasteiger charge is -2.34. The number of fused-ring (bicyclic) bond motifs is 1. The van der Waals surface area contributed by atoms with Crippen molar-refractivity contribution >= 4 is 20.8 Å². The molecule has 1 aromatic carbocycles. The monoisotopic (exact) mass is 319 g/mol. The van der Waals surface area contributed by atoms with Gasteiger partial charge >= 0.3 is 0 Å². The highest BCUT2D eigenvalue weighted by Crippen LogP contribution is 2.29. The van der Waals surface area contributed by atoms with Crippen LogP contribution in [-0.2, 0) is 10.0 Å². The Hall–Kier alpha value is -1.50. The SMILES string of the molecule is C[C@@H](N)[C@H]1CCCN(S(=O)(=O)c2cccc3cnccc23)C1. The lowest BCUT2D eigenvalue weighted by atomic mass is 9.93. The fourth-order valence-corrected chi connectivity index (χ4v) is 4.83. The van der Waals surface area contributed by atoms with Gasteiger partial charge in [-0.2, -0.15) is 4.31 Å². The molecule has 1 aromatic heterocycles. The number of piperidine rings is 1. The largest absolute Gasteiger partial charge is 0.328 e. The molecule has 1 aliphatic rings. The molecule has 118 valence electrons. The Bertz CT molecular complexity index is 769. The smallest absolute Gasteiger partial charge is 0.243 e. The van der Waals surface area contributed by atoms with E-state index in [1.165, 1.54) is 0 Å². The number of hydrogen-bond donors (Lipinski definition) is 1. The summed E-state index contributed by atoms with van der Waals surface area (Å²) in [6.07, 6.45) is 5.17. The molecule has 1 fully saturated rings. The van der Waals surface area contributed by atoms with Crippen LogP contribution in [0, 0.1) is 5.92 Å². The Morgan fingerprint density at radius 2 is 2.18 bits per heavy atom. The van der Waals surface area contributed by atoms with E-state index in [-0.39, 0.29) is 12.0 Å². The van der Waals surface area contributed by atoms with Crippen molar-refractivity contribution in [1.82, 2.24) is 9.29 Å². The highest BCUT2D eigenvalue weighted by atomic mass is 32.2. The van der Waals surface area contributed by atoms with Gasteiger partial charge in [0, 0.05) is 42.3 Å². The Morgan fingerprint density at radius 3 is 2.95 bits per heavy atom. The molecule has 2 aromatic rings. The molecule has 2 N–H and O–H groups in total. The van der Waals surface area contributed by atoms with Crippen LogP contribution in [-0.4, -0.2) is 36.8 Å². The van der Waals surface area contributed by atoms with Gasteiger partial charge in [0.05, 0.1) is 4.90 Å². The van der Waals surface area contributed by atoms with Crippen LogP contribution in [0.1, 0.15) is 19.8 Å². The van der Waals surface area contributed by atoms with Gasteiger partial charge in [0.25, 0.3) is 0 Å². The van der Waals surface area contributed by atoms with Gasteiger partial charge < -0.3 is 5.73 Å². The number of benzene rings is 1. The van der Waals surface area contributed by atoms with E-state index >= 15 is 0 Å². The van der Waals surface area contributed by atoms with E-state index in [0.717, 1.165) is 23.6 Å². The molecular weight excluding hydrogens is 298 g/mol. The first-order valence-electron chi connectivity index (χ1n) is 7.58. The van der Waals surface area contributed by atoms with Gasteiger partial charge in [-0.05, 0) is 37.8 Å². The Kier molecular flexibility index (Phi) is 4.16. The number of nitrogens with zero attached hydrogens (tertiary/aromatic N) is 2. The van der Waals surface area contributed by atoms with E-state index in [1.54, 1.807) is 34.9 Å². The molecule has 1 saturated heterocycles. The predicted molar refractivity (Wildman–Crippen MR) is 86.9 cm³/mol. The van der Waals surface area contributed by atoms with E-state index in [0.29, 0.717) is 18.0 Å². The van der Waals surface area contributed by atoms with Crippen LogP contribution < -0.4 is 5.73 Å². The third kappa shape index (κ3) is 2.74. The minimum Gasteiger partial charge on any atom is -0.328 e. The third-order valence-electron chi connectivity index (χ3n) is 4.42. The summed E-state index contributed by atoms with van der Waals surface area (Å²) < 4.78 is 27.7. The van der Waals surface area contributed by atoms with Crippen molar-refractivity contribution in [3.8, 4) is 0 Å². The van der Waals surface area contributed by atoms with E-state index in [9.17, 15) is 8.42 Å². The zero-order valence-electron chi connectivity index (χ0n) is 12.6. The molecule has 0 spiro atoms. The van der Waals surface area contributed by atoms with Crippen molar-refractivity contribution in [3.05, 3.63) is 36.7 Å². The lowest BCUT2D eigenvalue weighted by Crippen LogP contribution is -2.44. The van der Waals surface area contributed by atoms with Gasteiger partial charge in [-0.15, -0.1) is 0 Å². The molecule has 0 bridgehead atoms. The second-order valence-electron chi connectivity index (χ2n) is 5.98. The first-order chi connectivity index (χ1) is 10.5. The second-order valence-corrected chi connectivity index (χ2v) is 7.88. The predicted octanol–water partition coefficient (Wildman–Crippen LogP) is 1.98. The molecule has 0 amide bonds. The number of hydrogen-bond acceptors (Lipinski definition) is 4. The highest BCUT2D eigenvalue weighted by Gasteiger charge is 2.32. The number of sulfonamides is 1. The van der Waals surface area contributed by atoms with Crippen LogP contribution in [0.15, 0.2) is 41.6 Å². The minimum absolute atomic E-state index is 0.00900. The van der Waals surface area contributed by atoms with Crippen molar-refractivity contribution in [2.45, 2.75) is 30.7 Å². The Morgan fingerprint density at radius 1 is 1.36 bits per heavy atom. The molecule has 2 heterocycles. The molecule has 5 nitrogen and oxygen atoms in total. The molecule has 22 heavy (non-hydrogen) atoms. The molecule has 0 saturated carbocycles. The summed E-state index contributed by atoms with van der Waals surface area (Å²) in [7, 11) is -3.51. The normalized spacial score (nSPS) is 21.8. The van der Waals surface area contributed by atoms with Crippen LogP contribution in [0.2, 0.25) is 0 Å². The summed E-state index contributed by atoms with van der Waals surface area (Å²) >= 11 is 0. The minimum atomic E-state index is -3.51. The summed E-state index contributed by atoms with van der Waals surface area (Å²) in [5, 5.41) is 1.56. The number of pyridine rings is 1. The van der Waals surface area contributed by atoms with Crippen LogP contribution in [0.5, 0.6) is 0 Å². The van der Waals surface area contributed by atoms with Gasteiger partial charge in [-0.1, -0.05) is 12.1 Å². The lowest BCUT2D eigenvalue weighted by molar-refractivity contribution is 0.243. The van der Waals surface area contributed by atoms with Gasteiger partial charge in [-0.3, -0.25) is 4.98 Å². The molecular formula is C16H21N3O2S. The molecule has 0 radical (unpaired) electrons. The van der Waals surface area contributed by atoms with Gasteiger partial charge in [0.2, 0.25) is 10.0 Å². The molecule has 0 unspecified atom stereocenters. The average Bonchev–Trinajstić information content (AvgIpc) is 2.54. The fourth-order valence-electron chi connectivity index (χ4n) is 3.08. The fraction of sp³-hybridized carbons (Fsp3) is 0.438. The second kappa shape index (κ2) is 5.95. The Balaban J connectivity index is 2.01. The van der Waals surface area contributed by atoms with Crippen molar-refractivity contribution in [3.63, 3.8) is 0 Å². The van der Waals surface area contributed by atoms with Crippen molar-refractivity contribution in [1.29, 1.82) is 0 Å². The maximum atomic E-state index is 13.0. The van der Waals surface area contributed by atoms with Crippen molar-refractivity contribution in [2.24, 2.45) is 11.7 Å². The maximum absolute atomic E-state index is 13.0. The summed E-state index contributed by atoms with van der Waals surface area (Å²) in [5.74, 6) is 0.222. The number of nitrogens with two attached hydrogens (primary N) is 1. The summed E-state index contributed by atoms with van der Waals surface area (Å²) in [4.78, 5) is 4.42. The van der Waals surface area contributed by atoms with E-state index in [4.69, 9.17) is 5.73 Å². The average molecular weight is 319 g/mol. The van der Waals surface area contributed by atoms with Crippen LogP contribution in [0.25, 0.3) is 10.8 Å². The van der Waals surface area contributed by atoms with Crippen LogP contribution in [0.4, 0.5) is 0 Å². The number of rotatable bonds is 3. The molecule has 2 atom stereocenters. The zero-order chi connectivity index (χ0) is 15.7. The van der Waals surface area contributed by atoms with E-state index < -0.39 is 10.0 Å². The van der Waals surface area contributed by atoms with E-state index in [2.05, 4.69) is 4.98 Å². The van der Waals surface area contributed by atoms with E-state index in [1.807, 2.05) is 13.0 Å². The molecule has 0 aliphatic carbocycles. The first-order valence-corrected chi connectivity index (χ1v) is 9.02. The van der Waals surface area contributed by atoms with Gasteiger partial charge in [-0.25, -0.2) is 8.42 Å². The number of aromatic nitrogens is 1. The van der Waals surface area contributed by atoms with Gasteiger partial charge in [0.15, 0.2) is 0 Å². The van der Waals surface area contributed by atoms with Crippen molar-refractivity contribution < 1.29 is 8.42 Å². The van der Waals surface area contributed by atoms with Crippen LogP contribution in [0.3, 0.4) is 0 Å². The Labute approximate surface area is 131 Å². The molecule has 1 aliphatic heterocycles. The van der Waals surface area contributed by atoms with Crippen LogP contribution >= 0.6 is 0 Å². The summed E-state index contributed by atoms with van der Waals surface area (Å²) in [6, 6.07) is 7.09.